The number of fused-ring (bicyclic) bond motifs is 5. The van der Waals surface area contributed by atoms with Gasteiger partial charge in [-0.05, 0) is 114 Å². The lowest BCUT2D eigenvalue weighted by molar-refractivity contribution is -0.0298. The Bertz CT molecular complexity index is 831. The maximum Gasteiger partial charge on any atom is 0.274 e. The molecule has 2 fully saturated rings. The Morgan fingerprint density at radius 3 is 2.29 bits per heavy atom. The van der Waals surface area contributed by atoms with Crippen LogP contribution in [0.2, 0.25) is 13.1 Å². The van der Waals surface area contributed by atoms with Gasteiger partial charge in [-0.3, -0.25) is 0 Å². The lowest BCUT2D eigenvalue weighted by Gasteiger charge is -2.54. The Morgan fingerprint density at radius 2 is 1.71 bits per heavy atom. The molecule has 0 amide bonds. The fourth-order valence-corrected chi connectivity index (χ4v) is 8.99. The third-order valence-corrected chi connectivity index (χ3v) is 9.85. The Balaban J connectivity index is 1.72. The molecular formula is C28H45O2Si. The van der Waals surface area contributed by atoms with Gasteiger partial charge in [0.1, 0.15) is 5.75 Å². The maximum absolute atomic E-state index is 10.5. The summed E-state index contributed by atoms with van der Waals surface area (Å²) in [6.07, 6.45) is 6.39. The standard InChI is InChI=1S/C28H45O2Si/c1-26(2,3)22-16-21-19-11-10-17-14-23(29)24(30-31(8)9)15-20(17)18(19)12-13-28(21,7)25(22)27(4,5)6/h14-15,18-19,21-22,25,29H,10-13,16H2,1-9H3/t18-,19+,21-,22+,25+,28-/m0/s1. The van der Waals surface area contributed by atoms with Gasteiger partial charge in [-0.15, -0.1) is 0 Å². The minimum atomic E-state index is -0.894. The molecule has 1 radical (unpaired) electrons. The molecule has 3 aliphatic rings. The lowest BCUT2D eigenvalue weighted by Crippen LogP contribution is -2.46. The highest BCUT2D eigenvalue weighted by Gasteiger charge is 2.62. The SMILES string of the molecule is C[Si](C)Oc1cc2c(cc1O)CC[C@@H]1[C@@H]2CC[C@]2(C)[C@@H](C(C)(C)C)[C@H](C(C)(C)C)C[C@@H]12. The van der Waals surface area contributed by atoms with Crippen molar-refractivity contribution >= 4 is 9.04 Å². The number of phenols is 1. The summed E-state index contributed by atoms with van der Waals surface area (Å²) < 4.78 is 6.07. The Hall–Kier alpha value is -0.963. The van der Waals surface area contributed by atoms with Crippen LogP contribution in [0.4, 0.5) is 0 Å². The van der Waals surface area contributed by atoms with Gasteiger partial charge in [0.25, 0.3) is 9.04 Å². The molecule has 0 heterocycles. The van der Waals surface area contributed by atoms with Crippen LogP contribution in [0.25, 0.3) is 0 Å². The first-order chi connectivity index (χ1) is 14.2. The van der Waals surface area contributed by atoms with Gasteiger partial charge in [0.2, 0.25) is 0 Å². The molecule has 2 nitrogen and oxygen atoms in total. The van der Waals surface area contributed by atoms with Gasteiger partial charge >= 0.3 is 0 Å². The first-order valence-corrected chi connectivity index (χ1v) is 15.0. The lowest BCUT2D eigenvalue weighted by atomic mass is 9.51. The molecular weight excluding hydrogens is 396 g/mol. The minimum Gasteiger partial charge on any atom is -0.540 e. The van der Waals surface area contributed by atoms with E-state index in [4.69, 9.17) is 4.43 Å². The molecule has 0 saturated heterocycles. The van der Waals surface area contributed by atoms with Crippen molar-refractivity contribution in [2.75, 3.05) is 0 Å². The largest absolute Gasteiger partial charge is 0.540 e. The predicted molar refractivity (Wildman–Crippen MR) is 132 cm³/mol. The number of hydrogen-bond acceptors (Lipinski definition) is 2. The first-order valence-electron chi connectivity index (χ1n) is 12.6. The van der Waals surface area contributed by atoms with Crippen LogP contribution < -0.4 is 4.43 Å². The van der Waals surface area contributed by atoms with E-state index >= 15 is 0 Å². The quantitative estimate of drug-likeness (QED) is 0.474. The Kier molecular flexibility index (Phi) is 5.64. The predicted octanol–water partition coefficient (Wildman–Crippen LogP) is 7.81. The Morgan fingerprint density at radius 1 is 1.03 bits per heavy atom. The van der Waals surface area contributed by atoms with Gasteiger partial charge in [-0.1, -0.05) is 48.5 Å². The summed E-state index contributed by atoms with van der Waals surface area (Å²) in [4.78, 5) is 0. The highest BCUT2D eigenvalue weighted by atomic mass is 28.3. The molecule has 0 bridgehead atoms. The fraction of sp³-hybridized carbons (Fsp3) is 0.786. The molecule has 1 aromatic carbocycles. The zero-order valence-electron chi connectivity index (χ0n) is 21.4. The second-order valence-corrected chi connectivity index (χ2v) is 15.6. The third-order valence-electron chi connectivity index (χ3n) is 9.22. The molecule has 0 spiro atoms. The average Bonchev–Trinajstić information content (AvgIpc) is 2.95. The summed E-state index contributed by atoms with van der Waals surface area (Å²) in [5.41, 5.74) is 3.99. The van der Waals surface area contributed by atoms with Crippen LogP contribution in [-0.2, 0) is 6.42 Å². The zero-order chi connectivity index (χ0) is 22.9. The van der Waals surface area contributed by atoms with Crippen molar-refractivity contribution in [1.29, 1.82) is 0 Å². The number of benzene rings is 1. The minimum absolute atomic E-state index is 0.338. The van der Waals surface area contributed by atoms with Crippen LogP contribution in [0.15, 0.2) is 12.1 Å². The summed E-state index contributed by atoms with van der Waals surface area (Å²) in [6.45, 7) is 21.8. The van der Waals surface area contributed by atoms with Crippen molar-refractivity contribution in [3.8, 4) is 11.5 Å². The second kappa shape index (κ2) is 7.54. The van der Waals surface area contributed by atoms with Crippen LogP contribution in [0, 0.1) is 39.9 Å². The van der Waals surface area contributed by atoms with Gasteiger partial charge in [-0.25, -0.2) is 0 Å². The molecule has 31 heavy (non-hydrogen) atoms. The molecule has 2 saturated carbocycles. The number of rotatable bonds is 2. The normalized spacial score (nSPS) is 35.5. The van der Waals surface area contributed by atoms with Crippen molar-refractivity contribution in [3.63, 3.8) is 0 Å². The summed E-state index contributed by atoms with van der Waals surface area (Å²) in [5, 5.41) is 10.5. The summed E-state index contributed by atoms with van der Waals surface area (Å²) >= 11 is 0. The van der Waals surface area contributed by atoms with Crippen LogP contribution in [0.5, 0.6) is 11.5 Å². The molecule has 1 aromatic rings. The second-order valence-electron chi connectivity index (χ2n) is 13.5. The van der Waals surface area contributed by atoms with Crippen LogP contribution in [0.3, 0.4) is 0 Å². The molecule has 0 aromatic heterocycles. The molecule has 4 rings (SSSR count). The number of phenolic OH excluding ortho intramolecular Hbond substituents is 1. The van der Waals surface area contributed by atoms with Crippen molar-refractivity contribution < 1.29 is 9.53 Å². The van der Waals surface area contributed by atoms with Gasteiger partial charge in [0, 0.05) is 0 Å². The number of hydrogen-bond donors (Lipinski definition) is 1. The van der Waals surface area contributed by atoms with E-state index in [1.54, 1.807) is 0 Å². The van der Waals surface area contributed by atoms with Crippen molar-refractivity contribution in [3.05, 3.63) is 23.3 Å². The van der Waals surface area contributed by atoms with Crippen molar-refractivity contribution in [2.24, 2.45) is 39.9 Å². The van der Waals surface area contributed by atoms with E-state index in [9.17, 15) is 5.11 Å². The van der Waals surface area contributed by atoms with E-state index in [-0.39, 0.29) is 0 Å². The molecule has 0 unspecified atom stereocenters. The van der Waals surface area contributed by atoms with E-state index in [0.29, 0.717) is 27.9 Å². The van der Waals surface area contributed by atoms with Crippen LogP contribution in [0.1, 0.15) is 91.2 Å². The monoisotopic (exact) mass is 441 g/mol. The number of aromatic hydroxyl groups is 1. The van der Waals surface area contributed by atoms with Gasteiger partial charge < -0.3 is 9.53 Å². The topological polar surface area (TPSA) is 29.5 Å². The summed E-state index contributed by atoms with van der Waals surface area (Å²) in [5.74, 6) is 4.83. The van der Waals surface area contributed by atoms with Crippen molar-refractivity contribution in [1.82, 2.24) is 0 Å². The summed E-state index contributed by atoms with van der Waals surface area (Å²) in [6, 6.07) is 4.24. The summed E-state index contributed by atoms with van der Waals surface area (Å²) in [7, 11) is -0.894. The molecule has 173 valence electrons. The van der Waals surface area contributed by atoms with Gasteiger partial charge in [0.05, 0.1) is 0 Å². The first kappa shape index (κ1) is 23.2. The van der Waals surface area contributed by atoms with Gasteiger partial charge in [-0.2, -0.15) is 0 Å². The molecule has 3 aliphatic carbocycles. The maximum atomic E-state index is 10.5. The van der Waals surface area contributed by atoms with E-state index in [1.807, 2.05) is 6.07 Å². The molecule has 0 aliphatic heterocycles. The van der Waals surface area contributed by atoms with Gasteiger partial charge in [0.15, 0.2) is 5.75 Å². The van der Waals surface area contributed by atoms with E-state index in [0.717, 1.165) is 35.8 Å². The third kappa shape index (κ3) is 3.87. The van der Waals surface area contributed by atoms with Crippen LogP contribution >= 0.6 is 0 Å². The van der Waals surface area contributed by atoms with Crippen LogP contribution in [-0.4, -0.2) is 14.1 Å². The molecule has 3 heteroatoms. The average molecular weight is 442 g/mol. The van der Waals surface area contributed by atoms with Crippen molar-refractivity contribution in [2.45, 2.75) is 99.6 Å². The highest BCUT2D eigenvalue weighted by molar-refractivity contribution is 6.49. The highest BCUT2D eigenvalue weighted by Crippen LogP contribution is 2.70. The fourth-order valence-electron chi connectivity index (χ4n) is 8.38. The Labute approximate surface area is 192 Å². The van der Waals surface area contributed by atoms with E-state index < -0.39 is 9.04 Å². The zero-order valence-corrected chi connectivity index (χ0v) is 22.4. The molecule has 1 N–H and O–H groups in total. The van der Waals surface area contributed by atoms with E-state index in [2.05, 4.69) is 67.6 Å². The number of aryl methyl sites for hydroxylation is 1. The molecule has 6 atom stereocenters. The smallest absolute Gasteiger partial charge is 0.274 e. The van der Waals surface area contributed by atoms with E-state index in [1.165, 1.54) is 36.8 Å².